The van der Waals surface area contributed by atoms with Gasteiger partial charge in [0.1, 0.15) is 6.07 Å². The number of rotatable bonds is 3. The normalized spacial score (nSPS) is 12.0. The van der Waals surface area contributed by atoms with Crippen molar-refractivity contribution in [2.75, 3.05) is 33.9 Å². The molecule has 0 aromatic heterocycles. The number of hydrogen-bond acceptors (Lipinski definition) is 1. The van der Waals surface area contributed by atoms with E-state index >= 15 is 0 Å². The second-order valence-electron chi connectivity index (χ2n) is 2.73. The van der Waals surface area contributed by atoms with Gasteiger partial charge in [-0.2, -0.15) is 0 Å². The number of hydrogen-bond donors (Lipinski definition) is 0. The van der Waals surface area contributed by atoms with E-state index in [1.165, 1.54) is 0 Å². The van der Waals surface area contributed by atoms with Crippen molar-refractivity contribution < 1.29 is 9.22 Å². The van der Waals surface area contributed by atoms with Gasteiger partial charge in [-0.05, 0) is 0 Å². The first-order chi connectivity index (χ1) is 3.56. The summed E-state index contributed by atoms with van der Waals surface area (Å²) in [7, 11) is 6.14. The van der Waals surface area contributed by atoms with Gasteiger partial charge in [-0.15, -0.1) is 0 Å². The molecular formula is C5H13ClNO+. The monoisotopic (exact) mass is 138 g/mol. The summed E-state index contributed by atoms with van der Waals surface area (Å²) < 4.78 is 5.73. The summed E-state index contributed by atoms with van der Waals surface area (Å²) in [6.07, 6.45) is 0. The highest BCUT2D eigenvalue weighted by molar-refractivity contribution is 6.17. The van der Waals surface area contributed by atoms with Crippen LogP contribution >= 0.6 is 11.6 Å². The Morgan fingerprint density at radius 3 is 2.00 bits per heavy atom. The summed E-state index contributed by atoms with van der Waals surface area (Å²) in [5.74, 6) is 0. The number of quaternary nitrogens is 1. The second kappa shape index (κ2) is 3.28. The molecule has 0 aliphatic rings. The van der Waals surface area contributed by atoms with Crippen molar-refractivity contribution in [3.8, 4) is 0 Å². The highest BCUT2D eigenvalue weighted by atomic mass is 35.5. The van der Waals surface area contributed by atoms with Crippen molar-refractivity contribution >= 4 is 11.6 Å². The van der Waals surface area contributed by atoms with Crippen LogP contribution in [0, 0.1) is 0 Å². The van der Waals surface area contributed by atoms with Gasteiger partial charge in [-0.1, -0.05) is 11.6 Å². The molecule has 0 saturated heterocycles. The first-order valence-corrected chi connectivity index (χ1v) is 3.04. The minimum atomic E-state index is 0.287. The number of ether oxygens (including phenoxy) is 1. The van der Waals surface area contributed by atoms with E-state index in [-0.39, 0.29) is 6.07 Å². The zero-order valence-electron chi connectivity index (χ0n) is 5.65. The molecule has 0 aliphatic heterocycles. The van der Waals surface area contributed by atoms with Crippen LogP contribution in [0.3, 0.4) is 0 Å². The molecule has 0 unspecified atom stereocenters. The van der Waals surface area contributed by atoms with Crippen LogP contribution in [0.25, 0.3) is 0 Å². The van der Waals surface area contributed by atoms with Gasteiger partial charge in [0, 0.05) is 0 Å². The summed E-state index contributed by atoms with van der Waals surface area (Å²) in [5.41, 5.74) is 0. The maximum atomic E-state index is 5.28. The smallest absolute Gasteiger partial charge is 0.183 e. The summed E-state index contributed by atoms with van der Waals surface area (Å²) >= 11 is 5.28. The molecule has 0 aliphatic carbocycles. The lowest BCUT2D eigenvalue weighted by Crippen LogP contribution is -2.36. The van der Waals surface area contributed by atoms with Crippen LogP contribution in [0.15, 0.2) is 0 Å². The van der Waals surface area contributed by atoms with Gasteiger partial charge in [0.2, 0.25) is 0 Å². The van der Waals surface area contributed by atoms with Crippen molar-refractivity contribution in [2.24, 2.45) is 0 Å². The number of nitrogens with zero attached hydrogens (tertiary/aromatic N) is 1. The SMILES string of the molecule is C[N+](C)(C)COCCl. The van der Waals surface area contributed by atoms with Crippen molar-refractivity contribution in [1.82, 2.24) is 0 Å². The van der Waals surface area contributed by atoms with Crippen molar-refractivity contribution in [3.05, 3.63) is 0 Å². The lowest BCUT2D eigenvalue weighted by atomic mass is 10.7. The van der Waals surface area contributed by atoms with Gasteiger partial charge in [0.25, 0.3) is 0 Å². The predicted molar refractivity (Wildman–Crippen MR) is 34.7 cm³/mol. The first-order valence-electron chi connectivity index (χ1n) is 2.50. The van der Waals surface area contributed by atoms with Crippen LogP contribution in [-0.2, 0) is 4.74 Å². The van der Waals surface area contributed by atoms with E-state index in [1.54, 1.807) is 0 Å². The van der Waals surface area contributed by atoms with Crippen LogP contribution in [-0.4, -0.2) is 38.4 Å². The Morgan fingerprint density at radius 1 is 1.38 bits per heavy atom. The summed E-state index contributed by atoms with van der Waals surface area (Å²) in [4.78, 5) is 0. The topological polar surface area (TPSA) is 9.23 Å². The van der Waals surface area contributed by atoms with Crippen LogP contribution in [0.1, 0.15) is 0 Å². The molecule has 0 N–H and O–H groups in total. The van der Waals surface area contributed by atoms with Crippen LogP contribution in [0.4, 0.5) is 0 Å². The quantitative estimate of drug-likeness (QED) is 0.320. The van der Waals surface area contributed by atoms with E-state index in [0.717, 1.165) is 4.48 Å². The highest BCUT2D eigenvalue weighted by Gasteiger charge is 2.03. The zero-order valence-corrected chi connectivity index (χ0v) is 6.40. The van der Waals surface area contributed by atoms with Gasteiger partial charge in [0.15, 0.2) is 6.73 Å². The minimum Gasteiger partial charge on any atom is -0.316 e. The molecule has 0 aromatic rings. The Kier molecular flexibility index (Phi) is 3.36. The fourth-order valence-corrected chi connectivity index (χ4v) is 0.377. The largest absolute Gasteiger partial charge is 0.316 e. The van der Waals surface area contributed by atoms with Gasteiger partial charge < -0.3 is 9.22 Å². The molecule has 0 bridgehead atoms. The maximum Gasteiger partial charge on any atom is 0.183 e. The number of halogens is 1. The second-order valence-corrected chi connectivity index (χ2v) is 2.95. The van der Waals surface area contributed by atoms with E-state index in [0.29, 0.717) is 6.73 Å². The zero-order chi connectivity index (χ0) is 6.62. The molecular weight excluding hydrogens is 126 g/mol. The fourth-order valence-electron chi connectivity index (χ4n) is 0.308. The average molecular weight is 139 g/mol. The van der Waals surface area contributed by atoms with E-state index in [1.807, 2.05) is 21.1 Å². The van der Waals surface area contributed by atoms with Crippen LogP contribution < -0.4 is 0 Å². The molecule has 2 nitrogen and oxygen atoms in total. The number of alkyl halides is 1. The third kappa shape index (κ3) is 6.21. The Morgan fingerprint density at radius 2 is 1.88 bits per heavy atom. The maximum absolute atomic E-state index is 5.28. The molecule has 0 aromatic carbocycles. The predicted octanol–water partition coefficient (Wildman–Crippen LogP) is 0.863. The standard InChI is InChI=1S/C5H13ClNO/c1-7(2,3)5-8-4-6/h4-5H2,1-3H3/q+1. The lowest BCUT2D eigenvalue weighted by Gasteiger charge is -2.22. The Balaban J connectivity index is 3.11. The molecule has 0 spiro atoms. The molecule has 3 heteroatoms. The molecule has 0 fully saturated rings. The van der Waals surface area contributed by atoms with Gasteiger partial charge in [-0.25, -0.2) is 0 Å². The fraction of sp³-hybridized carbons (Fsp3) is 1.00. The summed E-state index contributed by atoms with van der Waals surface area (Å²) in [5, 5.41) is 0. The van der Waals surface area contributed by atoms with E-state index in [4.69, 9.17) is 16.3 Å². The van der Waals surface area contributed by atoms with Crippen molar-refractivity contribution in [1.29, 1.82) is 0 Å². The summed E-state index contributed by atoms with van der Waals surface area (Å²) in [6, 6.07) is 0.287. The third-order valence-corrected chi connectivity index (χ3v) is 0.710. The average Bonchev–Trinajstić information content (AvgIpc) is 1.59. The van der Waals surface area contributed by atoms with Crippen molar-refractivity contribution in [2.45, 2.75) is 0 Å². The molecule has 0 rings (SSSR count). The minimum absolute atomic E-state index is 0.287. The van der Waals surface area contributed by atoms with E-state index < -0.39 is 0 Å². The van der Waals surface area contributed by atoms with E-state index in [2.05, 4.69) is 0 Å². The van der Waals surface area contributed by atoms with Crippen LogP contribution in [0.5, 0.6) is 0 Å². The van der Waals surface area contributed by atoms with Gasteiger partial charge >= 0.3 is 0 Å². The Bertz CT molecular complexity index is 59.9. The molecule has 0 saturated carbocycles. The summed E-state index contributed by atoms with van der Waals surface area (Å²) in [6.45, 7) is 0.670. The van der Waals surface area contributed by atoms with Gasteiger partial charge in [0.05, 0.1) is 21.1 Å². The van der Waals surface area contributed by atoms with E-state index in [9.17, 15) is 0 Å². The van der Waals surface area contributed by atoms with Gasteiger partial charge in [-0.3, -0.25) is 0 Å². The molecule has 8 heavy (non-hydrogen) atoms. The molecule has 50 valence electrons. The molecule has 0 atom stereocenters. The Labute approximate surface area is 55.6 Å². The molecule has 0 heterocycles. The molecule has 0 amide bonds. The first kappa shape index (κ1) is 8.21. The third-order valence-electron chi connectivity index (χ3n) is 0.556. The van der Waals surface area contributed by atoms with Crippen molar-refractivity contribution in [3.63, 3.8) is 0 Å². The lowest BCUT2D eigenvalue weighted by molar-refractivity contribution is -0.890. The molecule has 0 radical (unpaired) electrons. The highest BCUT2D eigenvalue weighted by Crippen LogP contribution is 1.90. The van der Waals surface area contributed by atoms with Crippen LogP contribution in [0.2, 0.25) is 0 Å². The Hall–Kier alpha value is 0.210.